The number of hydrogen-bond donors (Lipinski definition) is 3. The summed E-state index contributed by atoms with van der Waals surface area (Å²) in [6.45, 7) is 0.469. The monoisotopic (exact) mass is 369 g/mol. The minimum absolute atomic E-state index is 0.189. The third-order valence-electron chi connectivity index (χ3n) is 3.63. The molecule has 7 nitrogen and oxygen atoms in total. The van der Waals surface area contributed by atoms with Gasteiger partial charge in [-0.3, -0.25) is 19.7 Å². The number of rotatable bonds is 6. The first kappa shape index (κ1) is 17.6. The third kappa shape index (κ3) is 4.46. The highest BCUT2D eigenvalue weighted by Gasteiger charge is 2.14. The lowest BCUT2D eigenvalue weighted by Crippen LogP contribution is -2.26. The van der Waals surface area contributed by atoms with E-state index in [1.165, 1.54) is 6.07 Å². The first-order chi connectivity index (χ1) is 12.6. The van der Waals surface area contributed by atoms with Gasteiger partial charge in [-0.1, -0.05) is 23.7 Å². The van der Waals surface area contributed by atoms with Crippen LogP contribution in [-0.4, -0.2) is 33.5 Å². The molecule has 0 atom stereocenters. The van der Waals surface area contributed by atoms with Crippen molar-refractivity contribution in [1.29, 1.82) is 0 Å². The van der Waals surface area contributed by atoms with E-state index in [1.54, 1.807) is 36.7 Å². The molecule has 0 bridgehead atoms. The van der Waals surface area contributed by atoms with E-state index in [2.05, 4.69) is 25.8 Å². The van der Waals surface area contributed by atoms with Gasteiger partial charge in [0, 0.05) is 25.0 Å². The third-order valence-corrected chi connectivity index (χ3v) is 3.96. The van der Waals surface area contributed by atoms with Crippen LogP contribution in [0.5, 0.6) is 0 Å². The lowest BCUT2D eigenvalue weighted by atomic mass is 10.2. The number of benzene rings is 1. The van der Waals surface area contributed by atoms with Crippen molar-refractivity contribution in [1.82, 2.24) is 20.5 Å². The van der Waals surface area contributed by atoms with Crippen LogP contribution in [0.1, 0.15) is 26.4 Å². The molecule has 26 heavy (non-hydrogen) atoms. The molecular weight excluding hydrogens is 354 g/mol. The zero-order valence-corrected chi connectivity index (χ0v) is 14.5. The van der Waals surface area contributed by atoms with E-state index < -0.39 is 0 Å². The number of carbonyl (C=O) groups is 2. The van der Waals surface area contributed by atoms with Gasteiger partial charge >= 0.3 is 0 Å². The Morgan fingerprint density at radius 2 is 1.85 bits per heavy atom. The van der Waals surface area contributed by atoms with Gasteiger partial charge in [0.2, 0.25) is 0 Å². The molecule has 0 unspecified atom stereocenters. The van der Waals surface area contributed by atoms with Crippen molar-refractivity contribution in [2.24, 2.45) is 0 Å². The minimum Gasteiger partial charge on any atom is -0.350 e. The number of carbonyl (C=O) groups excluding carboxylic acids is 2. The van der Waals surface area contributed by atoms with Crippen molar-refractivity contribution in [3.8, 4) is 0 Å². The molecule has 2 amide bonds. The Morgan fingerprint density at radius 3 is 2.62 bits per heavy atom. The van der Waals surface area contributed by atoms with Crippen LogP contribution in [0.25, 0.3) is 0 Å². The Hall–Kier alpha value is -3.19. The highest BCUT2D eigenvalue weighted by Crippen LogP contribution is 2.16. The molecule has 0 fully saturated rings. The topological polar surface area (TPSA) is 99.8 Å². The zero-order chi connectivity index (χ0) is 18.4. The maximum Gasteiger partial charge on any atom is 0.271 e. The van der Waals surface area contributed by atoms with E-state index in [9.17, 15) is 9.59 Å². The quantitative estimate of drug-likeness (QED) is 0.622. The first-order valence-corrected chi connectivity index (χ1v) is 8.29. The van der Waals surface area contributed by atoms with E-state index in [4.69, 9.17) is 11.6 Å². The SMILES string of the molecule is O=C(NCCc1ccncc1)c1cc(NC(=O)c2ccccc2Cl)[nH]n1. The number of aromatic nitrogens is 3. The van der Waals surface area contributed by atoms with Crippen molar-refractivity contribution in [3.63, 3.8) is 0 Å². The van der Waals surface area contributed by atoms with Gasteiger partial charge in [0.15, 0.2) is 5.69 Å². The summed E-state index contributed by atoms with van der Waals surface area (Å²) in [6, 6.07) is 12.0. The maximum absolute atomic E-state index is 12.2. The smallest absolute Gasteiger partial charge is 0.271 e. The van der Waals surface area contributed by atoms with E-state index in [0.29, 0.717) is 29.4 Å². The number of anilines is 1. The minimum atomic E-state index is -0.385. The van der Waals surface area contributed by atoms with Crippen molar-refractivity contribution >= 4 is 29.2 Å². The predicted molar refractivity (Wildman–Crippen MR) is 98.3 cm³/mol. The van der Waals surface area contributed by atoms with Crippen molar-refractivity contribution < 1.29 is 9.59 Å². The lowest BCUT2D eigenvalue weighted by Gasteiger charge is -2.04. The number of hydrogen-bond acceptors (Lipinski definition) is 4. The molecule has 0 radical (unpaired) electrons. The molecule has 8 heteroatoms. The highest BCUT2D eigenvalue weighted by molar-refractivity contribution is 6.34. The van der Waals surface area contributed by atoms with E-state index >= 15 is 0 Å². The van der Waals surface area contributed by atoms with Crippen LogP contribution in [0.2, 0.25) is 5.02 Å². The Kier molecular flexibility index (Phi) is 5.60. The Morgan fingerprint density at radius 1 is 1.08 bits per heavy atom. The zero-order valence-electron chi connectivity index (χ0n) is 13.7. The van der Waals surface area contributed by atoms with E-state index in [1.807, 2.05) is 12.1 Å². The van der Waals surface area contributed by atoms with Crippen LogP contribution >= 0.6 is 11.6 Å². The number of amides is 2. The molecule has 1 aromatic carbocycles. The Balaban J connectivity index is 1.54. The average molecular weight is 370 g/mol. The number of H-pyrrole nitrogens is 1. The Bertz CT molecular complexity index is 911. The fourth-order valence-corrected chi connectivity index (χ4v) is 2.52. The number of halogens is 1. The molecular formula is C18H16ClN5O2. The van der Waals surface area contributed by atoms with Gasteiger partial charge in [-0.2, -0.15) is 5.10 Å². The molecule has 0 saturated carbocycles. The molecule has 0 aliphatic heterocycles. The van der Waals surface area contributed by atoms with Crippen LogP contribution in [-0.2, 0) is 6.42 Å². The van der Waals surface area contributed by atoms with Gasteiger partial charge < -0.3 is 10.6 Å². The van der Waals surface area contributed by atoms with Gasteiger partial charge in [0.1, 0.15) is 5.82 Å². The van der Waals surface area contributed by atoms with Gasteiger partial charge in [-0.15, -0.1) is 0 Å². The predicted octanol–water partition coefficient (Wildman–Crippen LogP) is 2.68. The summed E-state index contributed by atoms with van der Waals surface area (Å²) >= 11 is 5.99. The summed E-state index contributed by atoms with van der Waals surface area (Å²) in [5.41, 5.74) is 1.61. The summed E-state index contributed by atoms with van der Waals surface area (Å²) in [4.78, 5) is 28.3. The standard InChI is InChI=1S/C18H16ClN5O2/c19-14-4-2-1-3-13(14)17(25)22-16-11-15(23-24-16)18(26)21-10-7-12-5-8-20-9-6-12/h1-6,8-9,11H,7,10H2,(H,21,26)(H2,22,23,24,25). The fourth-order valence-electron chi connectivity index (χ4n) is 2.30. The average Bonchev–Trinajstić information content (AvgIpc) is 3.11. The normalized spacial score (nSPS) is 10.3. The van der Waals surface area contributed by atoms with E-state index in [0.717, 1.165) is 5.56 Å². The molecule has 132 valence electrons. The molecule has 2 aromatic heterocycles. The Labute approximate surface area is 154 Å². The highest BCUT2D eigenvalue weighted by atomic mass is 35.5. The molecule has 3 aromatic rings. The molecule has 2 heterocycles. The molecule has 0 aliphatic carbocycles. The summed E-state index contributed by atoms with van der Waals surface area (Å²) in [5, 5.41) is 12.3. The molecule has 3 rings (SSSR count). The van der Waals surface area contributed by atoms with Gasteiger partial charge in [0.25, 0.3) is 11.8 Å². The van der Waals surface area contributed by atoms with Crippen LogP contribution in [0.3, 0.4) is 0 Å². The van der Waals surface area contributed by atoms with Gasteiger partial charge in [-0.25, -0.2) is 0 Å². The van der Waals surface area contributed by atoms with Crippen LogP contribution in [0, 0.1) is 0 Å². The summed E-state index contributed by atoms with van der Waals surface area (Å²) < 4.78 is 0. The second-order valence-electron chi connectivity index (χ2n) is 5.46. The van der Waals surface area contributed by atoms with Crippen molar-refractivity contribution in [2.45, 2.75) is 6.42 Å². The number of nitrogens with one attached hydrogen (secondary N) is 3. The summed E-state index contributed by atoms with van der Waals surface area (Å²) in [5.74, 6) is -0.397. The molecule has 0 saturated heterocycles. The van der Waals surface area contributed by atoms with Gasteiger partial charge in [-0.05, 0) is 36.2 Å². The molecule has 0 aliphatic rings. The second-order valence-corrected chi connectivity index (χ2v) is 5.87. The second kappa shape index (κ2) is 8.26. The molecule has 0 spiro atoms. The van der Waals surface area contributed by atoms with Crippen LogP contribution in [0.15, 0.2) is 54.9 Å². The first-order valence-electron chi connectivity index (χ1n) is 7.92. The number of nitrogens with zero attached hydrogens (tertiary/aromatic N) is 2. The van der Waals surface area contributed by atoms with Crippen molar-refractivity contribution in [3.05, 3.63) is 76.7 Å². The number of pyridine rings is 1. The van der Waals surface area contributed by atoms with Crippen molar-refractivity contribution in [2.75, 3.05) is 11.9 Å². The maximum atomic E-state index is 12.2. The van der Waals surface area contributed by atoms with Crippen LogP contribution in [0.4, 0.5) is 5.82 Å². The van der Waals surface area contributed by atoms with Crippen LogP contribution < -0.4 is 10.6 Å². The lowest BCUT2D eigenvalue weighted by molar-refractivity contribution is 0.0948. The molecule has 3 N–H and O–H groups in total. The van der Waals surface area contributed by atoms with Gasteiger partial charge in [0.05, 0.1) is 10.6 Å². The largest absolute Gasteiger partial charge is 0.350 e. The number of aromatic amines is 1. The summed E-state index contributed by atoms with van der Waals surface area (Å²) in [6.07, 6.45) is 4.10. The van der Waals surface area contributed by atoms with E-state index in [-0.39, 0.29) is 17.5 Å². The summed E-state index contributed by atoms with van der Waals surface area (Å²) in [7, 11) is 0. The fraction of sp³-hybridized carbons (Fsp3) is 0.111.